The lowest BCUT2D eigenvalue weighted by Gasteiger charge is -2.17. The van der Waals surface area contributed by atoms with Crippen LogP contribution >= 0.6 is 0 Å². The third-order valence-electron chi connectivity index (χ3n) is 5.07. The summed E-state index contributed by atoms with van der Waals surface area (Å²) in [5.41, 5.74) is 1.34. The van der Waals surface area contributed by atoms with Crippen molar-refractivity contribution in [1.29, 1.82) is 0 Å². The van der Waals surface area contributed by atoms with E-state index in [4.69, 9.17) is 9.47 Å². The van der Waals surface area contributed by atoms with Gasteiger partial charge in [-0.2, -0.15) is 4.31 Å². The second-order valence-corrected chi connectivity index (χ2v) is 9.77. The Morgan fingerprint density at radius 1 is 1.13 bits per heavy atom. The number of amides is 1. The van der Waals surface area contributed by atoms with Crippen LogP contribution in [-0.2, 0) is 21.2 Å². The number of carbonyl (C=O) groups excluding carboxylic acids is 1. The number of hydrogen-bond donors (Lipinski definition) is 1. The minimum Gasteiger partial charge on any atom is -0.496 e. The molecule has 1 fully saturated rings. The first-order chi connectivity index (χ1) is 14.8. The van der Waals surface area contributed by atoms with Crippen molar-refractivity contribution >= 4 is 21.6 Å². The van der Waals surface area contributed by atoms with E-state index >= 15 is 0 Å². The average Bonchev–Trinajstić information content (AvgIpc) is 3.27. The fourth-order valence-electron chi connectivity index (χ4n) is 3.58. The van der Waals surface area contributed by atoms with Crippen molar-refractivity contribution in [2.75, 3.05) is 25.5 Å². The van der Waals surface area contributed by atoms with E-state index in [0.717, 1.165) is 12.8 Å². The Morgan fingerprint density at radius 2 is 1.87 bits per heavy atom. The van der Waals surface area contributed by atoms with E-state index in [2.05, 4.69) is 5.32 Å². The van der Waals surface area contributed by atoms with E-state index in [0.29, 0.717) is 42.3 Å². The summed E-state index contributed by atoms with van der Waals surface area (Å²) in [6, 6.07) is 12.1. The van der Waals surface area contributed by atoms with E-state index in [1.54, 1.807) is 30.3 Å². The molecule has 0 aliphatic carbocycles. The molecule has 0 bridgehead atoms. The fourth-order valence-corrected chi connectivity index (χ4v) is 5.15. The number of rotatable bonds is 9. The molecule has 0 spiro atoms. The zero-order chi connectivity index (χ0) is 22.4. The third kappa shape index (κ3) is 5.98. The molecule has 168 valence electrons. The van der Waals surface area contributed by atoms with Gasteiger partial charge in [0.15, 0.2) is 0 Å². The van der Waals surface area contributed by atoms with Crippen LogP contribution in [0, 0.1) is 0 Å². The zero-order valence-electron chi connectivity index (χ0n) is 18.3. The highest BCUT2D eigenvalue weighted by Gasteiger charge is 2.27. The predicted octanol–water partition coefficient (Wildman–Crippen LogP) is 3.84. The highest BCUT2D eigenvalue weighted by atomic mass is 32.2. The Balaban J connectivity index is 1.68. The number of methoxy groups -OCH3 is 1. The van der Waals surface area contributed by atoms with Gasteiger partial charge in [0.1, 0.15) is 11.5 Å². The van der Waals surface area contributed by atoms with Gasteiger partial charge in [-0.25, -0.2) is 8.42 Å². The van der Waals surface area contributed by atoms with Crippen LogP contribution in [0.3, 0.4) is 0 Å². The molecule has 8 heteroatoms. The molecule has 2 aromatic rings. The van der Waals surface area contributed by atoms with Crippen LogP contribution in [0.4, 0.5) is 5.69 Å². The molecule has 0 unspecified atom stereocenters. The summed E-state index contributed by atoms with van der Waals surface area (Å²) in [4.78, 5) is 12.7. The van der Waals surface area contributed by atoms with Gasteiger partial charge in [-0.05, 0) is 69.0 Å². The lowest BCUT2D eigenvalue weighted by molar-refractivity contribution is -0.116. The maximum Gasteiger partial charge on any atom is 0.243 e. The second-order valence-electron chi connectivity index (χ2n) is 7.83. The molecule has 7 nitrogen and oxygen atoms in total. The van der Waals surface area contributed by atoms with Crippen molar-refractivity contribution < 1.29 is 22.7 Å². The molecule has 2 aromatic carbocycles. The Morgan fingerprint density at radius 3 is 2.55 bits per heavy atom. The predicted molar refractivity (Wildman–Crippen MR) is 120 cm³/mol. The number of carbonyl (C=O) groups is 1. The first-order valence-electron chi connectivity index (χ1n) is 10.5. The minimum absolute atomic E-state index is 0.0440. The first kappa shape index (κ1) is 23.1. The van der Waals surface area contributed by atoms with Crippen molar-refractivity contribution in [3.8, 4) is 11.5 Å². The molecule has 1 heterocycles. The van der Waals surface area contributed by atoms with Crippen molar-refractivity contribution in [1.82, 2.24) is 4.31 Å². The highest BCUT2D eigenvalue weighted by Crippen LogP contribution is 2.27. The lowest BCUT2D eigenvalue weighted by Crippen LogP contribution is -2.28. The molecule has 31 heavy (non-hydrogen) atoms. The summed E-state index contributed by atoms with van der Waals surface area (Å²) < 4.78 is 38.3. The Labute approximate surface area is 184 Å². The molecule has 3 rings (SSSR count). The molecule has 0 radical (unpaired) electrons. The normalized spacial score (nSPS) is 14.6. The topological polar surface area (TPSA) is 84.9 Å². The van der Waals surface area contributed by atoms with Crippen LogP contribution < -0.4 is 14.8 Å². The number of aryl methyl sites for hydroxylation is 1. The minimum atomic E-state index is -3.52. The van der Waals surface area contributed by atoms with Gasteiger partial charge in [-0.1, -0.05) is 6.07 Å². The Bertz CT molecular complexity index is 1010. The van der Waals surface area contributed by atoms with Gasteiger partial charge < -0.3 is 14.8 Å². The Kier molecular flexibility index (Phi) is 7.56. The van der Waals surface area contributed by atoms with Crippen molar-refractivity contribution in [2.24, 2.45) is 0 Å². The molecule has 1 aliphatic heterocycles. The third-order valence-corrected chi connectivity index (χ3v) is 6.96. The first-order valence-corrected chi connectivity index (χ1v) is 12.0. The number of nitrogens with zero attached hydrogens (tertiary/aromatic N) is 1. The van der Waals surface area contributed by atoms with Crippen LogP contribution in [0.2, 0.25) is 0 Å². The number of anilines is 1. The van der Waals surface area contributed by atoms with E-state index in [1.165, 1.54) is 11.4 Å². The summed E-state index contributed by atoms with van der Waals surface area (Å²) in [5.74, 6) is 1.09. The lowest BCUT2D eigenvalue weighted by atomic mass is 10.1. The summed E-state index contributed by atoms with van der Waals surface area (Å²) in [6.45, 7) is 4.98. The van der Waals surface area contributed by atoms with Gasteiger partial charge in [0.05, 0.1) is 18.1 Å². The maximum absolute atomic E-state index is 12.9. The maximum atomic E-state index is 12.9. The van der Waals surface area contributed by atoms with Gasteiger partial charge in [0, 0.05) is 31.3 Å². The SMILES string of the molecule is COc1ccc(S(=O)(=O)N2CCCC2)cc1CCC(=O)Nc1cccc(OC(C)C)c1. The fraction of sp³-hybridized carbons (Fsp3) is 0.435. The van der Waals surface area contributed by atoms with E-state index in [1.807, 2.05) is 26.0 Å². The second kappa shape index (κ2) is 10.2. The monoisotopic (exact) mass is 446 g/mol. The smallest absolute Gasteiger partial charge is 0.243 e. The van der Waals surface area contributed by atoms with Crippen LogP contribution in [-0.4, -0.2) is 44.9 Å². The van der Waals surface area contributed by atoms with Crippen molar-refractivity contribution in [2.45, 2.75) is 50.5 Å². The number of ether oxygens (including phenoxy) is 2. The van der Waals surface area contributed by atoms with Crippen LogP contribution in [0.25, 0.3) is 0 Å². The van der Waals surface area contributed by atoms with Crippen molar-refractivity contribution in [3.05, 3.63) is 48.0 Å². The van der Waals surface area contributed by atoms with E-state index in [9.17, 15) is 13.2 Å². The van der Waals surface area contributed by atoms with Crippen LogP contribution in [0.15, 0.2) is 47.4 Å². The van der Waals surface area contributed by atoms with E-state index < -0.39 is 10.0 Å². The van der Waals surface area contributed by atoms with Gasteiger partial charge in [-0.3, -0.25) is 4.79 Å². The highest BCUT2D eigenvalue weighted by molar-refractivity contribution is 7.89. The van der Waals surface area contributed by atoms with Gasteiger partial charge >= 0.3 is 0 Å². The molecule has 0 atom stereocenters. The largest absolute Gasteiger partial charge is 0.496 e. The van der Waals surface area contributed by atoms with Gasteiger partial charge in [0.25, 0.3) is 0 Å². The number of hydrogen-bond acceptors (Lipinski definition) is 5. The van der Waals surface area contributed by atoms with Gasteiger partial charge in [0.2, 0.25) is 15.9 Å². The van der Waals surface area contributed by atoms with Crippen LogP contribution in [0.5, 0.6) is 11.5 Å². The standard InChI is InChI=1S/C23H30N2O5S/c1-17(2)30-20-8-6-7-19(16-20)24-23(26)12-9-18-15-21(10-11-22(18)29-3)31(27,28)25-13-4-5-14-25/h6-8,10-11,15-17H,4-5,9,12-14H2,1-3H3,(H,24,26). The molecular formula is C23H30N2O5S. The quantitative estimate of drug-likeness (QED) is 0.633. The molecule has 1 N–H and O–H groups in total. The number of sulfonamides is 1. The summed E-state index contributed by atoms with van der Waals surface area (Å²) in [6.07, 6.45) is 2.36. The van der Waals surface area contributed by atoms with Crippen molar-refractivity contribution in [3.63, 3.8) is 0 Å². The number of benzene rings is 2. The zero-order valence-corrected chi connectivity index (χ0v) is 19.1. The van der Waals surface area contributed by atoms with Gasteiger partial charge in [-0.15, -0.1) is 0 Å². The molecule has 1 saturated heterocycles. The molecule has 0 aromatic heterocycles. The molecule has 1 amide bonds. The van der Waals surface area contributed by atoms with E-state index in [-0.39, 0.29) is 23.3 Å². The molecule has 1 aliphatic rings. The summed E-state index contributed by atoms with van der Waals surface area (Å²) >= 11 is 0. The summed E-state index contributed by atoms with van der Waals surface area (Å²) in [7, 11) is -1.99. The number of nitrogens with one attached hydrogen (secondary N) is 1. The molecular weight excluding hydrogens is 416 g/mol. The Hall–Kier alpha value is -2.58. The average molecular weight is 447 g/mol. The molecule has 0 saturated carbocycles. The van der Waals surface area contributed by atoms with Crippen LogP contribution in [0.1, 0.15) is 38.7 Å². The summed E-state index contributed by atoms with van der Waals surface area (Å²) in [5, 5.41) is 2.87.